The lowest BCUT2D eigenvalue weighted by molar-refractivity contribution is -0.141. The molecule has 1 unspecified atom stereocenters. The van der Waals surface area contributed by atoms with E-state index in [1.165, 1.54) is 43.2 Å². The molecule has 0 aromatic heterocycles. The highest BCUT2D eigenvalue weighted by molar-refractivity contribution is 7.89. The average Bonchev–Trinajstić information content (AvgIpc) is 3.03. The van der Waals surface area contributed by atoms with Crippen LogP contribution in [0.5, 0.6) is 5.75 Å². The largest absolute Gasteiger partial charge is 0.481 e. The first-order chi connectivity index (χ1) is 17.2. The molecule has 0 aliphatic carbocycles. The fourth-order valence-corrected chi connectivity index (χ4v) is 4.99. The third-order valence-corrected chi connectivity index (χ3v) is 6.93. The van der Waals surface area contributed by atoms with Crippen LogP contribution < -0.4 is 15.0 Å². The van der Waals surface area contributed by atoms with Crippen LogP contribution in [-0.2, 0) is 30.9 Å². The highest BCUT2D eigenvalue weighted by Crippen LogP contribution is 2.31. The van der Waals surface area contributed by atoms with Crippen molar-refractivity contribution >= 4 is 27.6 Å². The van der Waals surface area contributed by atoms with E-state index >= 15 is 0 Å². The smallest absolute Gasteiger partial charge is 0.323 e. The number of hydrogen-bond donors (Lipinski definition) is 2. The maximum Gasteiger partial charge on any atom is 0.323 e. The number of methoxy groups -OCH3 is 1. The van der Waals surface area contributed by atoms with Crippen LogP contribution in [0.3, 0.4) is 0 Å². The number of carbonyl (C=O) groups excluding carboxylic acids is 1. The Labute approximate surface area is 211 Å². The normalized spacial score (nSPS) is 15.3. The standard InChI is InChI=1S/C23H24N2O7S.C2H7N/c1-17(26)24-16-22(23(27)28)25(15-18-7-3-4-8-21(18)24)33(29,30)20-11-9-19(10-12-20)32-14-6-5-13-31-2;1-3-2/h3-4,7-12,22H,13-16H2,1-2H3,(H,27,28);3H,1-2H3. The van der Waals surface area contributed by atoms with Gasteiger partial charge < -0.3 is 24.8 Å². The van der Waals surface area contributed by atoms with Gasteiger partial charge in [0.2, 0.25) is 15.9 Å². The van der Waals surface area contributed by atoms with Gasteiger partial charge in [-0.15, -0.1) is 0 Å². The number of rotatable bonds is 6. The number of hydrogen-bond acceptors (Lipinski definition) is 7. The number of carbonyl (C=O) groups is 2. The van der Waals surface area contributed by atoms with E-state index in [0.717, 1.165) is 4.31 Å². The second-order valence-corrected chi connectivity index (χ2v) is 9.60. The Hall–Kier alpha value is -3.43. The third-order valence-electron chi connectivity index (χ3n) is 5.06. The summed E-state index contributed by atoms with van der Waals surface area (Å²) >= 11 is 0. The van der Waals surface area contributed by atoms with Crippen molar-refractivity contribution < 1.29 is 32.6 Å². The molecule has 0 fully saturated rings. The average molecular weight is 518 g/mol. The minimum Gasteiger partial charge on any atom is -0.481 e. The Kier molecular flexibility index (Phi) is 10.9. The van der Waals surface area contributed by atoms with E-state index in [-0.39, 0.29) is 37.1 Å². The number of aliphatic carboxylic acids is 1. The molecule has 11 heteroatoms. The number of anilines is 1. The number of carboxylic acids is 1. The summed E-state index contributed by atoms with van der Waals surface area (Å²) < 4.78 is 38.1. The van der Waals surface area contributed by atoms with Crippen molar-refractivity contribution in [2.45, 2.75) is 24.4 Å². The van der Waals surface area contributed by atoms with Gasteiger partial charge in [0.15, 0.2) is 0 Å². The summed E-state index contributed by atoms with van der Waals surface area (Å²) in [6.07, 6.45) is 0. The zero-order chi connectivity index (χ0) is 26.7. The van der Waals surface area contributed by atoms with Gasteiger partial charge in [0.25, 0.3) is 0 Å². The van der Waals surface area contributed by atoms with Gasteiger partial charge in [-0.25, -0.2) is 8.42 Å². The van der Waals surface area contributed by atoms with Crippen molar-refractivity contribution in [3.63, 3.8) is 0 Å². The van der Waals surface area contributed by atoms with E-state index in [2.05, 4.69) is 17.2 Å². The molecule has 1 aliphatic rings. The second kappa shape index (κ2) is 13.6. The van der Waals surface area contributed by atoms with Gasteiger partial charge in [0.1, 0.15) is 25.0 Å². The van der Waals surface area contributed by atoms with Crippen molar-refractivity contribution in [1.29, 1.82) is 0 Å². The maximum absolute atomic E-state index is 13.5. The number of para-hydroxylation sites is 1. The molecule has 2 aromatic rings. The molecule has 0 saturated carbocycles. The number of nitrogens with zero attached hydrogens (tertiary/aromatic N) is 2. The summed E-state index contributed by atoms with van der Waals surface area (Å²) in [5.41, 5.74) is 1.03. The predicted molar refractivity (Wildman–Crippen MR) is 135 cm³/mol. The molecule has 1 aliphatic heterocycles. The number of nitrogens with one attached hydrogen (secondary N) is 1. The molecule has 1 atom stereocenters. The lowest BCUT2D eigenvalue weighted by Crippen LogP contribution is -2.49. The lowest BCUT2D eigenvalue weighted by atomic mass is 10.1. The summed E-state index contributed by atoms with van der Waals surface area (Å²) in [6.45, 7) is 1.22. The van der Waals surface area contributed by atoms with Crippen molar-refractivity contribution in [1.82, 2.24) is 9.62 Å². The van der Waals surface area contributed by atoms with Gasteiger partial charge in [0.05, 0.1) is 11.4 Å². The van der Waals surface area contributed by atoms with E-state index in [9.17, 15) is 23.1 Å². The zero-order valence-electron chi connectivity index (χ0n) is 20.7. The third kappa shape index (κ3) is 7.29. The molecule has 36 heavy (non-hydrogen) atoms. The molecule has 0 spiro atoms. The Balaban J connectivity index is 0.00000145. The summed E-state index contributed by atoms with van der Waals surface area (Å²) in [5, 5.41) is 12.6. The number of carboxylic acid groups (broad SMARTS) is 1. The lowest BCUT2D eigenvalue weighted by Gasteiger charge is -2.28. The summed E-state index contributed by atoms with van der Waals surface area (Å²) in [5.74, 6) is 4.20. The fraction of sp³-hybridized carbons (Fsp3) is 0.360. The minimum absolute atomic E-state index is 0.0830. The van der Waals surface area contributed by atoms with E-state index in [1.54, 1.807) is 24.3 Å². The predicted octanol–water partition coefficient (Wildman–Crippen LogP) is 1.56. The first-order valence-electron chi connectivity index (χ1n) is 11.0. The van der Waals surface area contributed by atoms with Gasteiger partial charge in [-0.3, -0.25) is 9.59 Å². The molecule has 1 amide bonds. The first kappa shape index (κ1) is 28.8. The van der Waals surface area contributed by atoms with Crippen LogP contribution in [0.2, 0.25) is 0 Å². The van der Waals surface area contributed by atoms with E-state index in [1.807, 2.05) is 14.1 Å². The summed E-state index contributed by atoms with van der Waals surface area (Å²) in [4.78, 5) is 25.5. The number of sulfonamides is 1. The van der Waals surface area contributed by atoms with Gasteiger partial charge in [-0.1, -0.05) is 30.0 Å². The molecule has 3 rings (SSSR count). The highest BCUT2D eigenvalue weighted by atomic mass is 32.2. The van der Waals surface area contributed by atoms with Crippen LogP contribution in [0.4, 0.5) is 5.69 Å². The molecule has 2 aromatic carbocycles. The number of ether oxygens (including phenoxy) is 2. The van der Waals surface area contributed by atoms with E-state index in [4.69, 9.17) is 9.47 Å². The van der Waals surface area contributed by atoms with E-state index < -0.39 is 22.0 Å². The maximum atomic E-state index is 13.5. The number of fused-ring (bicyclic) bond motifs is 1. The van der Waals surface area contributed by atoms with Gasteiger partial charge in [0, 0.05) is 26.3 Å². The van der Waals surface area contributed by atoms with Gasteiger partial charge in [-0.2, -0.15) is 4.31 Å². The van der Waals surface area contributed by atoms with Crippen molar-refractivity contribution in [3.05, 3.63) is 54.1 Å². The molecule has 10 nitrogen and oxygen atoms in total. The summed E-state index contributed by atoms with van der Waals surface area (Å²) in [7, 11) is 1.08. The molecule has 0 bridgehead atoms. The van der Waals surface area contributed by atoms with Crippen LogP contribution in [0.25, 0.3) is 0 Å². The Morgan fingerprint density at radius 3 is 2.28 bits per heavy atom. The number of amides is 1. The van der Waals surface area contributed by atoms with Crippen molar-refractivity contribution in [2.24, 2.45) is 0 Å². The quantitative estimate of drug-likeness (QED) is 0.553. The second-order valence-electron chi connectivity index (χ2n) is 7.71. The van der Waals surface area contributed by atoms with Gasteiger partial charge >= 0.3 is 5.97 Å². The number of benzene rings is 2. The van der Waals surface area contributed by atoms with E-state index in [0.29, 0.717) is 17.0 Å². The molecule has 1 heterocycles. The summed E-state index contributed by atoms with van der Waals surface area (Å²) in [6, 6.07) is 11.0. The van der Waals surface area contributed by atoms with Crippen LogP contribution >= 0.6 is 0 Å². The Morgan fingerprint density at radius 1 is 1.08 bits per heavy atom. The molecular weight excluding hydrogens is 486 g/mol. The molecule has 0 saturated heterocycles. The molecule has 0 radical (unpaired) electrons. The molecular formula is C25H31N3O7S. The Morgan fingerprint density at radius 2 is 1.69 bits per heavy atom. The van der Waals surface area contributed by atoms with Crippen LogP contribution in [0.1, 0.15) is 12.5 Å². The minimum atomic E-state index is -4.21. The fourth-order valence-electron chi connectivity index (χ4n) is 3.44. The molecule has 194 valence electrons. The highest BCUT2D eigenvalue weighted by Gasteiger charge is 2.41. The topological polar surface area (TPSA) is 125 Å². The van der Waals surface area contributed by atoms with Crippen LogP contribution in [-0.4, -0.2) is 76.7 Å². The first-order valence-corrected chi connectivity index (χ1v) is 12.5. The zero-order valence-corrected chi connectivity index (χ0v) is 21.5. The molecule has 2 N–H and O–H groups in total. The monoisotopic (exact) mass is 517 g/mol. The SMILES string of the molecule is CNC.COCC#CCOc1ccc(S(=O)(=O)N2Cc3ccccc3N(C(C)=O)CC2C(=O)O)cc1. The van der Waals surface area contributed by atoms with Crippen molar-refractivity contribution in [2.75, 3.05) is 45.9 Å². The van der Waals surface area contributed by atoms with Gasteiger partial charge in [-0.05, 0) is 50.0 Å². The van der Waals surface area contributed by atoms with Crippen molar-refractivity contribution in [3.8, 4) is 17.6 Å². The van der Waals surface area contributed by atoms with Crippen LogP contribution in [0, 0.1) is 11.8 Å². The Bertz CT molecular complexity index is 1200. The van der Waals surface area contributed by atoms with Crippen LogP contribution in [0.15, 0.2) is 53.4 Å².